The van der Waals surface area contributed by atoms with Crippen molar-refractivity contribution in [2.45, 2.75) is 25.8 Å². The van der Waals surface area contributed by atoms with Crippen LogP contribution in [0.4, 0.5) is 0 Å². The maximum atomic E-state index is 12.5. The van der Waals surface area contributed by atoms with E-state index in [1.165, 1.54) is 0 Å². The van der Waals surface area contributed by atoms with E-state index >= 15 is 0 Å². The van der Waals surface area contributed by atoms with Crippen molar-refractivity contribution in [2.75, 3.05) is 12.3 Å². The Hall–Kier alpha value is -2.19. The number of nitrogens with zero attached hydrogens (tertiary/aromatic N) is 1. The van der Waals surface area contributed by atoms with Gasteiger partial charge in [-0.15, -0.1) is 0 Å². The molecule has 0 aliphatic carbocycles. The van der Waals surface area contributed by atoms with Gasteiger partial charge in [-0.1, -0.05) is 58.4 Å². The molecular weight excluding hydrogens is 456 g/mol. The first kappa shape index (κ1) is 21.5. The SMILES string of the molecule is CC(c1ccccc1)N1CC(C(=O)NS(=O)(=O)CCc2ccc(Br)cc2)CC1=O. The summed E-state index contributed by atoms with van der Waals surface area (Å²) in [6.45, 7) is 2.12. The number of carbonyl (C=O) groups is 2. The fourth-order valence-corrected chi connectivity index (χ4v) is 4.73. The first-order chi connectivity index (χ1) is 13.7. The van der Waals surface area contributed by atoms with Gasteiger partial charge in [-0.25, -0.2) is 8.42 Å². The van der Waals surface area contributed by atoms with E-state index in [-0.39, 0.29) is 30.7 Å². The van der Waals surface area contributed by atoms with Crippen LogP contribution in [-0.2, 0) is 26.0 Å². The summed E-state index contributed by atoms with van der Waals surface area (Å²) >= 11 is 3.33. The fraction of sp³-hybridized carbons (Fsp3) is 0.333. The molecule has 0 saturated carbocycles. The van der Waals surface area contributed by atoms with Gasteiger partial charge in [0, 0.05) is 17.4 Å². The van der Waals surface area contributed by atoms with Crippen molar-refractivity contribution in [3.63, 3.8) is 0 Å². The summed E-state index contributed by atoms with van der Waals surface area (Å²) in [5.41, 5.74) is 1.84. The first-order valence-corrected chi connectivity index (χ1v) is 11.8. The lowest BCUT2D eigenvalue weighted by Gasteiger charge is -2.25. The van der Waals surface area contributed by atoms with Gasteiger partial charge in [0.1, 0.15) is 0 Å². The van der Waals surface area contributed by atoms with Gasteiger partial charge in [0.15, 0.2) is 0 Å². The maximum absolute atomic E-state index is 12.5. The van der Waals surface area contributed by atoms with Crippen LogP contribution in [-0.4, -0.2) is 37.4 Å². The average molecular weight is 479 g/mol. The Bertz CT molecular complexity index is 978. The lowest BCUT2D eigenvalue weighted by molar-refractivity contribution is -0.130. The minimum absolute atomic E-state index is 0.0191. The van der Waals surface area contributed by atoms with Crippen LogP contribution in [0.3, 0.4) is 0 Å². The monoisotopic (exact) mass is 478 g/mol. The van der Waals surface area contributed by atoms with E-state index in [0.717, 1.165) is 15.6 Å². The van der Waals surface area contributed by atoms with Crippen molar-refractivity contribution >= 4 is 37.8 Å². The molecule has 1 fully saturated rings. The van der Waals surface area contributed by atoms with E-state index in [4.69, 9.17) is 0 Å². The number of hydrogen-bond donors (Lipinski definition) is 1. The maximum Gasteiger partial charge on any atom is 0.238 e. The minimum Gasteiger partial charge on any atom is -0.335 e. The third kappa shape index (κ3) is 5.67. The Morgan fingerprint density at radius 2 is 1.83 bits per heavy atom. The molecule has 2 aromatic carbocycles. The van der Waals surface area contributed by atoms with Gasteiger partial charge in [0.05, 0.1) is 17.7 Å². The molecule has 2 atom stereocenters. The van der Waals surface area contributed by atoms with Crippen LogP contribution < -0.4 is 4.72 Å². The van der Waals surface area contributed by atoms with Crippen molar-refractivity contribution in [1.82, 2.24) is 9.62 Å². The molecule has 1 N–H and O–H groups in total. The Kier molecular flexibility index (Phi) is 6.74. The van der Waals surface area contributed by atoms with Crippen LogP contribution in [0.5, 0.6) is 0 Å². The quantitative estimate of drug-likeness (QED) is 0.662. The highest BCUT2D eigenvalue weighted by molar-refractivity contribution is 9.10. The summed E-state index contributed by atoms with van der Waals surface area (Å²) in [6.07, 6.45) is 0.321. The predicted octanol–water partition coefficient (Wildman–Crippen LogP) is 3.05. The lowest BCUT2D eigenvalue weighted by Crippen LogP contribution is -2.38. The molecule has 2 unspecified atom stereocenters. The highest BCUT2D eigenvalue weighted by Gasteiger charge is 2.38. The molecule has 154 valence electrons. The smallest absolute Gasteiger partial charge is 0.238 e. The van der Waals surface area contributed by atoms with Gasteiger partial charge >= 0.3 is 0 Å². The molecule has 1 aliphatic rings. The Balaban J connectivity index is 1.57. The van der Waals surface area contributed by atoms with E-state index < -0.39 is 21.8 Å². The third-order valence-corrected chi connectivity index (χ3v) is 6.89. The van der Waals surface area contributed by atoms with Crippen LogP contribution in [0.1, 0.15) is 30.5 Å². The molecule has 0 aromatic heterocycles. The Morgan fingerprint density at radius 3 is 2.48 bits per heavy atom. The minimum atomic E-state index is -3.78. The molecule has 2 aromatic rings. The first-order valence-electron chi connectivity index (χ1n) is 9.38. The standard InChI is InChI=1S/C21H23BrN2O4S/c1-15(17-5-3-2-4-6-17)24-14-18(13-20(24)25)21(26)23-29(27,28)12-11-16-7-9-19(22)10-8-16/h2-10,15,18H,11-14H2,1H3,(H,23,26). The second-order valence-electron chi connectivity index (χ2n) is 7.20. The molecule has 1 heterocycles. The van der Waals surface area contributed by atoms with E-state index in [1.807, 2.05) is 61.5 Å². The van der Waals surface area contributed by atoms with Gasteiger partial charge in [-0.3, -0.25) is 14.3 Å². The van der Waals surface area contributed by atoms with Crippen molar-refractivity contribution < 1.29 is 18.0 Å². The highest BCUT2D eigenvalue weighted by Crippen LogP contribution is 2.28. The molecule has 3 rings (SSSR count). The zero-order valence-corrected chi connectivity index (χ0v) is 18.4. The topological polar surface area (TPSA) is 83.6 Å². The molecule has 29 heavy (non-hydrogen) atoms. The molecule has 8 heteroatoms. The van der Waals surface area contributed by atoms with E-state index in [9.17, 15) is 18.0 Å². The normalized spacial score (nSPS) is 17.9. The number of benzene rings is 2. The number of amides is 2. The molecule has 0 spiro atoms. The van der Waals surface area contributed by atoms with E-state index in [0.29, 0.717) is 6.42 Å². The van der Waals surface area contributed by atoms with Gasteiger partial charge in [0.25, 0.3) is 0 Å². The number of carbonyl (C=O) groups excluding carboxylic acids is 2. The van der Waals surface area contributed by atoms with Crippen molar-refractivity contribution in [3.05, 3.63) is 70.2 Å². The third-order valence-electron chi connectivity index (χ3n) is 5.11. The summed E-state index contributed by atoms with van der Waals surface area (Å²) in [5, 5.41) is 0. The van der Waals surface area contributed by atoms with Gasteiger partial charge in [-0.05, 0) is 36.6 Å². The van der Waals surface area contributed by atoms with Crippen LogP contribution in [0.2, 0.25) is 0 Å². The largest absolute Gasteiger partial charge is 0.335 e. The van der Waals surface area contributed by atoms with E-state index in [2.05, 4.69) is 20.7 Å². The predicted molar refractivity (Wildman–Crippen MR) is 114 cm³/mol. The Labute approximate surface area is 179 Å². The molecule has 0 bridgehead atoms. The van der Waals surface area contributed by atoms with Gasteiger partial charge in [0.2, 0.25) is 21.8 Å². The zero-order chi connectivity index (χ0) is 21.0. The Morgan fingerprint density at radius 1 is 1.17 bits per heavy atom. The van der Waals surface area contributed by atoms with Crippen molar-refractivity contribution in [3.8, 4) is 0 Å². The van der Waals surface area contributed by atoms with Gasteiger partial charge in [-0.2, -0.15) is 0 Å². The molecule has 1 aliphatic heterocycles. The summed E-state index contributed by atoms with van der Waals surface area (Å²) in [4.78, 5) is 26.5. The summed E-state index contributed by atoms with van der Waals surface area (Å²) < 4.78 is 27.7. The van der Waals surface area contributed by atoms with Crippen LogP contribution in [0, 0.1) is 5.92 Å². The second-order valence-corrected chi connectivity index (χ2v) is 9.95. The van der Waals surface area contributed by atoms with Crippen LogP contribution >= 0.6 is 15.9 Å². The van der Waals surface area contributed by atoms with Crippen molar-refractivity contribution in [1.29, 1.82) is 0 Å². The number of rotatable bonds is 7. The molecule has 0 radical (unpaired) electrons. The number of likely N-dealkylation sites (tertiary alicyclic amines) is 1. The summed E-state index contributed by atoms with van der Waals surface area (Å²) in [5.74, 6) is -1.62. The zero-order valence-electron chi connectivity index (χ0n) is 16.0. The van der Waals surface area contributed by atoms with Gasteiger partial charge < -0.3 is 4.90 Å². The van der Waals surface area contributed by atoms with Crippen LogP contribution in [0.25, 0.3) is 0 Å². The lowest BCUT2D eigenvalue weighted by atomic mass is 10.1. The number of hydrogen-bond acceptors (Lipinski definition) is 4. The number of sulfonamides is 1. The number of nitrogens with one attached hydrogen (secondary N) is 1. The highest BCUT2D eigenvalue weighted by atomic mass is 79.9. The second kappa shape index (κ2) is 9.09. The van der Waals surface area contributed by atoms with Crippen LogP contribution in [0.15, 0.2) is 59.1 Å². The summed E-state index contributed by atoms with van der Waals surface area (Å²) in [6, 6.07) is 16.7. The molecule has 1 saturated heterocycles. The van der Waals surface area contributed by atoms with Crippen molar-refractivity contribution in [2.24, 2.45) is 5.92 Å². The average Bonchev–Trinajstić information content (AvgIpc) is 3.09. The fourth-order valence-electron chi connectivity index (χ4n) is 3.38. The molecular formula is C21H23BrN2O4S. The number of halogens is 1. The molecule has 2 amide bonds. The van der Waals surface area contributed by atoms with E-state index in [1.54, 1.807) is 4.90 Å². The molecule has 6 nitrogen and oxygen atoms in total. The summed E-state index contributed by atoms with van der Waals surface area (Å²) in [7, 11) is -3.78. The number of aryl methyl sites for hydroxylation is 1.